The molecule has 6 heteroatoms. The fourth-order valence-corrected chi connectivity index (χ4v) is 1.65. The predicted octanol–water partition coefficient (Wildman–Crippen LogP) is 2.87. The van der Waals surface area contributed by atoms with Gasteiger partial charge in [0.1, 0.15) is 15.7 Å². The minimum atomic E-state index is -2.96. The van der Waals surface area contributed by atoms with E-state index in [2.05, 4.69) is 4.72 Å². The maximum atomic E-state index is 13.1. The topological polar surface area (TPSA) is 53.0 Å². The van der Waals surface area contributed by atoms with Gasteiger partial charge in [0.25, 0.3) is 0 Å². The van der Waals surface area contributed by atoms with Crippen LogP contribution in [-0.4, -0.2) is 9.96 Å². The van der Waals surface area contributed by atoms with Crippen LogP contribution in [0.5, 0.6) is 0 Å². The van der Waals surface area contributed by atoms with E-state index in [4.69, 9.17) is 16.4 Å². The van der Waals surface area contributed by atoms with Gasteiger partial charge in [0.15, 0.2) is 0 Å². The van der Waals surface area contributed by atoms with Gasteiger partial charge < -0.3 is 0 Å². The van der Waals surface area contributed by atoms with Crippen molar-refractivity contribution in [3.05, 3.63) is 29.0 Å². The average molecular weight is 237 g/mol. The van der Waals surface area contributed by atoms with Crippen molar-refractivity contribution in [2.75, 3.05) is 10.5 Å². The van der Waals surface area contributed by atoms with Crippen LogP contribution in [0.25, 0.3) is 0 Å². The van der Waals surface area contributed by atoms with E-state index < -0.39 is 15.7 Å². The Bertz CT molecular complexity index is 433. The Morgan fingerprint density at radius 1 is 1.64 bits per heavy atom. The lowest BCUT2D eigenvalue weighted by Gasteiger charge is -2.09. The Balaban J connectivity index is 3.03. The summed E-state index contributed by atoms with van der Waals surface area (Å²) < 4.78 is 34.0. The van der Waals surface area contributed by atoms with E-state index in [1.165, 1.54) is 12.1 Å². The zero-order valence-corrected chi connectivity index (χ0v) is 9.08. The van der Waals surface area contributed by atoms with Crippen LogP contribution in [-0.2, 0) is 9.92 Å². The van der Waals surface area contributed by atoms with Crippen molar-refractivity contribution >= 4 is 27.2 Å². The maximum Gasteiger partial charge on any atom is 0.147 e. The molecule has 0 spiro atoms. The van der Waals surface area contributed by atoms with E-state index in [0.717, 1.165) is 6.07 Å². The first-order valence-corrected chi connectivity index (χ1v) is 6.04. The fourth-order valence-electron chi connectivity index (χ4n) is 0.825. The highest BCUT2D eigenvalue weighted by Gasteiger charge is 2.07. The van der Waals surface area contributed by atoms with Gasteiger partial charge in [0, 0.05) is 10.8 Å². The predicted molar refractivity (Wildman–Crippen MR) is 56.4 cm³/mol. The summed E-state index contributed by atoms with van der Waals surface area (Å²) in [6, 6.07) is 3.86. The Hall–Kier alpha value is -0.810. The van der Waals surface area contributed by atoms with Crippen LogP contribution in [0.1, 0.15) is 6.92 Å². The molecule has 0 bridgehead atoms. The summed E-state index contributed by atoms with van der Waals surface area (Å²) in [6.45, 7) is 1.59. The van der Waals surface area contributed by atoms with Crippen molar-refractivity contribution < 1.29 is 8.60 Å². The molecule has 1 rings (SSSR count). The fraction of sp³-hybridized carbons (Fsp3) is 0.250. The van der Waals surface area contributed by atoms with Gasteiger partial charge in [-0.1, -0.05) is 18.5 Å². The number of anilines is 1. The molecule has 78 valence electrons. The molecule has 0 saturated heterocycles. The molecule has 0 amide bonds. The molecule has 0 aliphatic heterocycles. The minimum Gasteiger partial charge on any atom is -0.296 e. The van der Waals surface area contributed by atoms with Crippen molar-refractivity contribution in [3.8, 4) is 0 Å². The minimum absolute atomic E-state index is 0.000602. The Morgan fingerprint density at radius 3 is 2.86 bits per heavy atom. The molecule has 0 heterocycles. The van der Waals surface area contributed by atoms with Gasteiger partial charge >= 0.3 is 0 Å². The highest BCUT2D eigenvalue weighted by Crippen LogP contribution is 2.20. The van der Waals surface area contributed by atoms with Crippen molar-refractivity contribution in [2.24, 2.45) is 0 Å². The highest BCUT2D eigenvalue weighted by molar-refractivity contribution is 7.93. The van der Waals surface area contributed by atoms with Gasteiger partial charge in [-0.05, 0) is 18.2 Å². The molecule has 0 saturated carbocycles. The number of halogens is 2. The van der Waals surface area contributed by atoms with E-state index in [1.807, 2.05) is 0 Å². The lowest BCUT2D eigenvalue weighted by atomic mass is 10.3. The van der Waals surface area contributed by atoms with E-state index in [1.54, 1.807) is 6.92 Å². The average Bonchev–Trinajstić information content (AvgIpc) is 2.11. The molecule has 0 aliphatic rings. The molecule has 3 nitrogen and oxygen atoms in total. The summed E-state index contributed by atoms with van der Waals surface area (Å²) >= 11 is 5.63. The van der Waals surface area contributed by atoms with E-state index in [9.17, 15) is 8.60 Å². The zero-order valence-electron chi connectivity index (χ0n) is 7.51. The number of hydrogen-bond acceptors (Lipinski definition) is 2. The number of benzene rings is 1. The van der Waals surface area contributed by atoms with Crippen LogP contribution in [0.15, 0.2) is 18.2 Å². The van der Waals surface area contributed by atoms with Crippen LogP contribution in [0.3, 0.4) is 0 Å². The third kappa shape index (κ3) is 2.85. The first-order valence-electron chi connectivity index (χ1n) is 3.94. The molecule has 1 aromatic carbocycles. The largest absolute Gasteiger partial charge is 0.296 e. The van der Waals surface area contributed by atoms with Crippen LogP contribution < -0.4 is 4.72 Å². The molecule has 0 fully saturated rings. The normalized spacial score (nSPS) is 14.8. The van der Waals surface area contributed by atoms with Crippen LogP contribution in [0.2, 0.25) is 5.02 Å². The molecular weight excluding hydrogens is 227 g/mol. The lowest BCUT2D eigenvalue weighted by Crippen LogP contribution is -2.13. The van der Waals surface area contributed by atoms with Crippen molar-refractivity contribution in [2.45, 2.75) is 6.92 Å². The summed E-state index contributed by atoms with van der Waals surface area (Å²) in [7, 11) is -2.96. The SMILES string of the molecule is CCS(=N)(=O)Nc1cc(Cl)ccc1F. The van der Waals surface area contributed by atoms with Crippen LogP contribution >= 0.6 is 11.6 Å². The zero-order chi connectivity index (χ0) is 10.8. The molecule has 0 radical (unpaired) electrons. The molecule has 1 unspecified atom stereocenters. The van der Waals surface area contributed by atoms with Gasteiger partial charge in [-0.15, -0.1) is 0 Å². The first-order chi connectivity index (χ1) is 6.44. The molecule has 2 N–H and O–H groups in total. The number of nitrogens with one attached hydrogen (secondary N) is 2. The molecule has 14 heavy (non-hydrogen) atoms. The lowest BCUT2D eigenvalue weighted by molar-refractivity contribution is 0.631. The monoisotopic (exact) mass is 236 g/mol. The second kappa shape index (κ2) is 4.14. The number of hydrogen-bond donors (Lipinski definition) is 2. The standard InChI is InChI=1S/C8H10ClFN2OS/c1-2-14(11,13)12-8-5-6(9)3-4-7(8)10/h3-5H,2H2,1H3,(H2,11,12,13). The summed E-state index contributed by atoms with van der Waals surface area (Å²) in [4.78, 5) is 0. The quantitative estimate of drug-likeness (QED) is 0.833. The Morgan fingerprint density at radius 2 is 2.29 bits per heavy atom. The molecule has 1 atom stereocenters. The second-order valence-electron chi connectivity index (χ2n) is 2.69. The maximum absolute atomic E-state index is 13.1. The van der Waals surface area contributed by atoms with Gasteiger partial charge in [0.2, 0.25) is 0 Å². The summed E-state index contributed by atoms with van der Waals surface area (Å²) in [6.07, 6.45) is 0. The third-order valence-electron chi connectivity index (χ3n) is 1.61. The van der Waals surface area contributed by atoms with Crippen LogP contribution in [0.4, 0.5) is 10.1 Å². The summed E-state index contributed by atoms with van der Waals surface area (Å²) in [5.74, 6) is -0.457. The molecular formula is C8H10ClFN2OS. The van der Waals surface area contributed by atoms with Gasteiger partial charge in [-0.3, -0.25) is 4.72 Å². The summed E-state index contributed by atoms with van der Waals surface area (Å²) in [5, 5.41) is 0.334. The first kappa shape index (κ1) is 11.3. The van der Waals surface area contributed by atoms with Crippen molar-refractivity contribution in [1.82, 2.24) is 0 Å². The van der Waals surface area contributed by atoms with Crippen molar-refractivity contribution in [3.63, 3.8) is 0 Å². The number of rotatable bonds is 3. The highest BCUT2D eigenvalue weighted by atomic mass is 35.5. The van der Waals surface area contributed by atoms with E-state index >= 15 is 0 Å². The van der Waals surface area contributed by atoms with Gasteiger partial charge in [-0.25, -0.2) is 13.4 Å². The summed E-state index contributed by atoms with van der Waals surface area (Å²) in [5.41, 5.74) is -0.000602. The third-order valence-corrected chi connectivity index (χ3v) is 3.21. The Kier molecular flexibility index (Phi) is 3.34. The van der Waals surface area contributed by atoms with Crippen molar-refractivity contribution in [1.29, 1.82) is 4.78 Å². The van der Waals surface area contributed by atoms with E-state index in [0.29, 0.717) is 5.02 Å². The molecule has 0 aliphatic carbocycles. The van der Waals surface area contributed by atoms with Gasteiger partial charge in [0.05, 0.1) is 5.69 Å². The van der Waals surface area contributed by atoms with Crippen LogP contribution in [0, 0.1) is 10.6 Å². The Labute approximate surface area is 87.4 Å². The molecule has 0 aromatic heterocycles. The second-order valence-corrected chi connectivity index (χ2v) is 5.26. The van der Waals surface area contributed by atoms with Gasteiger partial charge in [-0.2, -0.15) is 0 Å². The van der Waals surface area contributed by atoms with E-state index in [-0.39, 0.29) is 11.4 Å². The molecule has 1 aromatic rings. The smallest absolute Gasteiger partial charge is 0.147 e.